The minimum Gasteiger partial charge on any atom is -0.302 e. The molecule has 18 heavy (non-hydrogen) atoms. The van der Waals surface area contributed by atoms with E-state index < -0.39 is 0 Å². The van der Waals surface area contributed by atoms with Crippen molar-refractivity contribution in [2.24, 2.45) is 0 Å². The van der Waals surface area contributed by atoms with E-state index in [0.29, 0.717) is 6.42 Å². The predicted octanol–water partition coefficient (Wildman–Crippen LogP) is 4.00. The average molecular weight is 250 g/mol. The molecule has 0 saturated carbocycles. The summed E-state index contributed by atoms with van der Waals surface area (Å²) in [5, 5.41) is 2.52. The molecule has 1 heterocycles. The van der Waals surface area contributed by atoms with Gasteiger partial charge >= 0.3 is 0 Å². The zero-order valence-corrected chi connectivity index (χ0v) is 10.5. The third-order valence-corrected chi connectivity index (χ3v) is 3.95. The van der Waals surface area contributed by atoms with E-state index in [9.17, 15) is 4.79 Å². The Bertz CT molecular complexity index is 787. The maximum absolute atomic E-state index is 10.2. The first-order valence-electron chi connectivity index (χ1n) is 5.72. The molecule has 0 amide bonds. The zero-order chi connectivity index (χ0) is 12.4. The van der Waals surface area contributed by atoms with Gasteiger partial charge in [-0.15, -0.1) is 11.3 Å². The monoisotopic (exact) mass is 250 g/mol. The molecule has 0 N–H and O–H groups in total. The Balaban J connectivity index is 2.19. The van der Waals surface area contributed by atoms with Crippen LogP contribution in [-0.2, 0) is 4.79 Å². The van der Waals surface area contributed by atoms with Crippen LogP contribution in [0, 0.1) is 11.8 Å². The molecule has 0 aliphatic carbocycles. The van der Waals surface area contributed by atoms with Crippen molar-refractivity contribution in [1.82, 2.24) is 0 Å². The standard InChI is InChI=1S/C16H10OS/c17-10-4-3-5-12-8-9-16-14(11-12)13-6-1-2-7-15(13)18-16/h1-2,6-11H,4H2. The van der Waals surface area contributed by atoms with Crippen molar-refractivity contribution in [2.75, 3.05) is 0 Å². The fourth-order valence-corrected chi connectivity index (χ4v) is 3.09. The van der Waals surface area contributed by atoms with Crippen molar-refractivity contribution in [3.8, 4) is 11.8 Å². The minimum atomic E-state index is 0.294. The molecule has 0 saturated heterocycles. The summed E-state index contributed by atoms with van der Waals surface area (Å²) in [6, 6.07) is 14.6. The fraction of sp³-hybridized carbons (Fsp3) is 0.0625. The van der Waals surface area contributed by atoms with Crippen LogP contribution in [0.4, 0.5) is 0 Å². The van der Waals surface area contributed by atoms with Crippen LogP contribution in [0.25, 0.3) is 20.2 Å². The summed E-state index contributed by atoms with van der Waals surface area (Å²) in [7, 11) is 0. The highest BCUT2D eigenvalue weighted by Gasteiger charge is 2.03. The SMILES string of the molecule is O=CCC#Cc1ccc2sc3ccccc3c2c1. The molecule has 2 heteroatoms. The lowest BCUT2D eigenvalue weighted by molar-refractivity contribution is -0.107. The first-order valence-corrected chi connectivity index (χ1v) is 6.54. The van der Waals surface area contributed by atoms with Gasteiger partial charge in [0.1, 0.15) is 6.29 Å². The second-order valence-corrected chi connectivity index (χ2v) is 5.07. The number of fused-ring (bicyclic) bond motifs is 3. The van der Waals surface area contributed by atoms with Crippen molar-refractivity contribution in [2.45, 2.75) is 6.42 Å². The lowest BCUT2D eigenvalue weighted by Crippen LogP contribution is -1.74. The van der Waals surface area contributed by atoms with Crippen LogP contribution in [0.3, 0.4) is 0 Å². The maximum Gasteiger partial charge on any atom is 0.131 e. The molecule has 0 aliphatic rings. The Morgan fingerprint density at radius 1 is 1.06 bits per heavy atom. The predicted molar refractivity (Wildman–Crippen MR) is 76.9 cm³/mol. The van der Waals surface area contributed by atoms with Crippen molar-refractivity contribution >= 4 is 37.8 Å². The Labute approximate surface area is 109 Å². The molecule has 0 bridgehead atoms. The van der Waals surface area contributed by atoms with Crippen LogP contribution in [0.2, 0.25) is 0 Å². The van der Waals surface area contributed by atoms with Crippen molar-refractivity contribution < 1.29 is 4.79 Å². The van der Waals surface area contributed by atoms with Gasteiger partial charge in [-0.3, -0.25) is 0 Å². The van der Waals surface area contributed by atoms with E-state index in [-0.39, 0.29) is 0 Å². The number of hydrogen-bond donors (Lipinski definition) is 0. The number of thiophene rings is 1. The molecule has 3 rings (SSSR count). The highest BCUT2D eigenvalue weighted by molar-refractivity contribution is 7.25. The minimum absolute atomic E-state index is 0.294. The van der Waals surface area contributed by atoms with E-state index in [1.165, 1.54) is 20.2 Å². The summed E-state index contributed by atoms with van der Waals surface area (Å²) < 4.78 is 2.57. The third kappa shape index (κ3) is 1.90. The number of carbonyl (C=O) groups excluding carboxylic acids is 1. The van der Waals surface area contributed by atoms with Gasteiger partial charge in [-0.05, 0) is 24.3 Å². The second-order valence-electron chi connectivity index (χ2n) is 3.98. The summed E-state index contributed by atoms with van der Waals surface area (Å²) in [4.78, 5) is 10.2. The summed E-state index contributed by atoms with van der Waals surface area (Å²) in [5.41, 5.74) is 0.966. The molecule has 0 unspecified atom stereocenters. The van der Waals surface area contributed by atoms with Gasteiger partial charge in [0.25, 0.3) is 0 Å². The molecular weight excluding hydrogens is 240 g/mol. The summed E-state index contributed by atoms with van der Waals surface area (Å²) in [5.74, 6) is 5.86. The van der Waals surface area contributed by atoms with Crippen molar-refractivity contribution in [1.29, 1.82) is 0 Å². The first-order chi connectivity index (χ1) is 8.88. The number of carbonyl (C=O) groups is 1. The van der Waals surface area contributed by atoms with E-state index in [4.69, 9.17) is 0 Å². The summed E-state index contributed by atoms with van der Waals surface area (Å²) >= 11 is 1.79. The van der Waals surface area contributed by atoms with E-state index in [1.807, 2.05) is 6.07 Å². The Kier molecular flexibility index (Phi) is 2.84. The molecule has 1 aromatic heterocycles. The molecule has 0 radical (unpaired) electrons. The van der Waals surface area contributed by atoms with Crippen LogP contribution in [0.1, 0.15) is 12.0 Å². The first kappa shape index (κ1) is 11.0. The van der Waals surface area contributed by atoms with Crippen molar-refractivity contribution in [3.05, 3.63) is 48.0 Å². The highest BCUT2D eigenvalue weighted by Crippen LogP contribution is 2.33. The van der Waals surface area contributed by atoms with Crippen LogP contribution in [0.5, 0.6) is 0 Å². The Morgan fingerprint density at radius 3 is 2.78 bits per heavy atom. The number of benzene rings is 2. The van der Waals surface area contributed by atoms with E-state index in [0.717, 1.165) is 11.8 Å². The molecular formula is C16H10OS. The third-order valence-electron chi connectivity index (χ3n) is 2.79. The Morgan fingerprint density at radius 2 is 1.89 bits per heavy atom. The molecule has 0 spiro atoms. The number of aldehydes is 1. The van der Waals surface area contributed by atoms with Crippen LogP contribution in [-0.4, -0.2) is 6.29 Å². The molecule has 1 nitrogen and oxygen atoms in total. The average Bonchev–Trinajstić information content (AvgIpc) is 2.77. The van der Waals surface area contributed by atoms with E-state index in [1.54, 1.807) is 11.3 Å². The molecule has 3 aromatic rings. The maximum atomic E-state index is 10.2. The molecule has 2 aromatic carbocycles. The lowest BCUT2D eigenvalue weighted by Gasteiger charge is -1.93. The van der Waals surface area contributed by atoms with Crippen molar-refractivity contribution in [3.63, 3.8) is 0 Å². The largest absolute Gasteiger partial charge is 0.302 e. The normalized spacial score (nSPS) is 10.2. The highest BCUT2D eigenvalue weighted by atomic mass is 32.1. The topological polar surface area (TPSA) is 17.1 Å². The van der Waals surface area contributed by atoms with E-state index in [2.05, 4.69) is 48.2 Å². The van der Waals surface area contributed by atoms with Gasteiger partial charge < -0.3 is 4.79 Å². The van der Waals surface area contributed by atoms with Gasteiger partial charge in [0.2, 0.25) is 0 Å². The quantitative estimate of drug-likeness (QED) is 0.471. The molecule has 0 aliphatic heterocycles. The number of hydrogen-bond acceptors (Lipinski definition) is 2. The van der Waals surface area contributed by atoms with Gasteiger partial charge in [0, 0.05) is 25.7 Å². The summed E-state index contributed by atoms with van der Waals surface area (Å²) in [6.07, 6.45) is 1.12. The van der Waals surface area contributed by atoms with Crippen LogP contribution >= 0.6 is 11.3 Å². The fourth-order valence-electron chi connectivity index (χ4n) is 2.00. The van der Waals surface area contributed by atoms with Crippen LogP contribution < -0.4 is 0 Å². The van der Waals surface area contributed by atoms with Gasteiger partial charge in [0.15, 0.2) is 0 Å². The van der Waals surface area contributed by atoms with E-state index >= 15 is 0 Å². The molecule has 0 fully saturated rings. The lowest BCUT2D eigenvalue weighted by atomic mass is 10.1. The smallest absolute Gasteiger partial charge is 0.131 e. The van der Waals surface area contributed by atoms with Gasteiger partial charge in [0.05, 0.1) is 6.42 Å². The van der Waals surface area contributed by atoms with Gasteiger partial charge in [-0.2, -0.15) is 0 Å². The van der Waals surface area contributed by atoms with Gasteiger partial charge in [-0.25, -0.2) is 0 Å². The second kappa shape index (κ2) is 4.64. The van der Waals surface area contributed by atoms with Gasteiger partial charge in [-0.1, -0.05) is 30.0 Å². The van der Waals surface area contributed by atoms with Crippen LogP contribution in [0.15, 0.2) is 42.5 Å². The number of rotatable bonds is 1. The Hall–Kier alpha value is -2.11. The molecule has 86 valence electrons. The molecule has 0 atom stereocenters. The zero-order valence-electron chi connectivity index (χ0n) is 9.64. The summed E-state index contributed by atoms with van der Waals surface area (Å²) in [6.45, 7) is 0.